The maximum Gasteiger partial charge on any atom is 0.573 e. The summed E-state index contributed by atoms with van der Waals surface area (Å²) in [6.45, 7) is -0.0778. The Morgan fingerprint density at radius 3 is 2.24 bits per heavy atom. The number of ether oxygens (including phenoxy) is 1. The summed E-state index contributed by atoms with van der Waals surface area (Å²) in [5.41, 5.74) is -1.21. The fourth-order valence-corrected chi connectivity index (χ4v) is 2.77. The fourth-order valence-electron chi connectivity index (χ4n) is 2.47. The van der Waals surface area contributed by atoms with E-state index in [1.807, 2.05) is 0 Å². The minimum atomic E-state index is -4.93. The Morgan fingerprint density at radius 1 is 0.941 bits per heavy atom. The van der Waals surface area contributed by atoms with Gasteiger partial charge >= 0.3 is 12.5 Å². The second kappa shape index (κ2) is 9.97. The fraction of sp³-hybridized carbons (Fsp3) is 0.158. The van der Waals surface area contributed by atoms with Crippen LogP contribution in [0.4, 0.5) is 48.2 Å². The molecule has 0 aliphatic heterocycles. The number of halogens is 9. The summed E-state index contributed by atoms with van der Waals surface area (Å²) in [5.74, 6) is -2.40. The Labute approximate surface area is 196 Å². The molecule has 2 aromatic carbocycles. The molecular weight excluding hydrogens is 518 g/mol. The van der Waals surface area contributed by atoms with Crippen molar-refractivity contribution in [3.8, 4) is 5.75 Å². The quantitative estimate of drug-likeness (QED) is 0.201. The minimum Gasteiger partial charge on any atom is -0.406 e. The van der Waals surface area contributed by atoms with Crippen molar-refractivity contribution in [3.05, 3.63) is 69.6 Å². The molecule has 1 heterocycles. The number of hydrogen-bond acceptors (Lipinski definition) is 6. The van der Waals surface area contributed by atoms with Gasteiger partial charge in [0.05, 0.1) is 12.1 Å². The summed E-state index contributed by atoms with van der Waals surface area (Å²) in [5, 5.41) is 9.48. The van der Waals surface area contributed by atoms with E-state index in [1.54, 1.807) is 0 Å². The third-order valence-electron chi connectivity index (χ3n) is 3.90. The highest BCUT2D eigenvalue weighted by Gasteiger charge is 2.34. The molecule has 15 heteroatoms. The SMILES string of the molecule is Fc1ccc(Nc2nc(N=NCc3ccc(OC(F)(F)F)cc3)nc(Cl)c2Cl)cc1C(F)(F)F. The Hall–Kier alpha value is -3.19. The van der Waals surface area contributed by atoms with E-state index in [0.29, 0.717) is 17.7 Å². The van der Waals surface area contributed by atoms with Crippen LogP contribution >= 0.6 is 23.2 Å². The van der Waals surface area contributed by atoms with Crippen LogP contribution in [0.15, 0.2) is 52.7 Å². The van der Waals surface area contributed by atoms with Gasteiger partial charge in [0.2, 0.25) is 0 Å². The van der Waals surface area contributed by atoms with Gasteiger partial charge in [0.25, 0.3) is 5.95 Å². The summed E-state index contributed by atoms with van der Waals surface area (Å²) in [7, 11) is 0. The molecular formula is C19H10Cl2F7N5O. The lowest BCUT2D eigenvalue weighted by Crippen LogP contribution is -2.16. The van der Waals surface area contributed by atoms with Crippen molar-refractivity contribution in [1.29, 1.82) is 0 Å². The number of nitrogens with one attached hydrogen (secondary N) is 1. The summed E-state index contributed by atoms with van der Waals surface area (Å²) < 4.78 is 92.6. The number of alkyl halides is 6. The van der Waals surface area contributed by atoms with Crippen LogP contribution in [-0.4, -0.2) is 16.3 Å². The number of anilines is 2. The number of aromatic nitrogens is 2. The van der Waals surface area contributed by atoms with Crippen LogP contribution in [0.5, 0.6) is 5.75 Å². The molecule has 0 saturated carbocycles. The Bertz CT molecular complexity index is 1200. The van der Waals surface area contributed by atoms with E-state index < -0.39 is 29.7 Å². The van der Waals surface area contributed by atoms with Gasteiger partial charge in [-0.25, -0.2) is 4.39 Å². The molecule has 0 saturated heterocycles. The lowest BCUT2D eigenvalue weighted by molar-refractivity contribution is -0.274. The number of rotatable bonds is 6. The highest BCUT2D eigenvalue weighted by atomic mass is 35.5. The average molecular weight is 528 g/mol. The zero-order valence-electron chi connectivity index (χ0n) is 16.3. The van der Waals surface area contributed by atoms with Gasteiger partial charge < -0.3 is 10.1 Å². The van der Waals surface area contributed by atoms with E-state index in [1.165, 1.54) is 12.1 Å². The van der Waals surface area contributed by atoms with E-state index in [4.69, 9.17) is 23.2 Å². The molecule has 180 valence electrons. The summed E-state index contributed by atoms with van der Waals surface area (Å²) in [6.07, 6.45) is -9.74. The Balaban J connectivity index is 1.75. The summed E-state index contributed by atoms with van der Waals surface area (Å²) >= 11 is 11.9. The first-order chi connectivity index (χ1) is 15.8. The van der Waals surface area contributed by atoms with Gasteiger partial charge in [-0.2, -0.15) is 28.3 Å². The van der Waals surface area contributed by atoms with E-state index in [9.17, 15) is 30.7 Å². The van der Waals surface area contributed by atoms with Crippen LogP contribution in [-0.2, 0) is 12.7 Å². The minimum absolute atomic E-state index is 0.0778. The van der Waals surface area contributed by atoms with Crippen LogP contribution in [0.25, 0.3) is 0 Å². The van der Waals surface area contributed by atoms with Crippen molar-refractivity contribution >= 4 is 40.7 Å². The van der Waals surface area contributed by atoms with Crippen LogP contribution in [0.3, 0.4) is 0 Å². The molecule has 0 aliphatic rings. The van der Waals surface area contributed by atoms with Crippen LogP contribution in [0.1, 0.15) is 11.1 Å². The molecule has 0 spiro atoms. The zero-order valence-corrected chi connectivity index (χ0v) is 17.9. The van der Waals surface area contributed by atoms with Crippen LogP contribution in [0.2, 0.25) is 10.2 Å². The van der Waals surface area contributed by atoms with Gasteiger partial charge in [-0.15, -0.1) is 18.3 Å². The largest absolute Gasteiger partial charge is 0.573 e. The lowest BCUT2D eigenvalue weighted by Gasteiger charge is -2.12. The second-order valence-electron chi connectivity index (χ2n) is 6.39. The molecule has 0 radical (unpaired) electrons. The first-order valence-electron chi connectivity index (χ1n) is 8.91. The van der Waals surface area contributed by atoms with Gasteiger partial charge in [-0.05, 0) is 35.9 Å². The van der Waals surface area contributed by atoms with Crippen LogP contribution < -0.4 is 10.1 Å². The summed E-state index contributed by atoms with van der Waals surface area (Å²) in [4.78, 5) is 7.68. The molecule has 0 atom stereocenters. The third-order valence-corrected chi connectivity index (χ3v) is 4.63. The van der Waals surface area contributed by atoms with Crippen LogP contribution in [0, 0.1) is 5.82 Å². The monoisotopic (exact) mass is 527 g/mol. The molecule has 0 unspecified atom stereocenters. The molecule has 34 heavy (non-hydrogen) atoms. The highest BCUT2D eigenvalue weighted by molar-refractivity contribution is 6.42. The maximum atomic E-state index is 13.5. The third kappa shape index (κ3) is 6.90. The van der Waals surface area contributed by atoms with Gasteiger partial charge in [0.1, 0.15) is 16.6 Å². The topological polar surface area (TPSA) is 71.8 Å². The Morgan fingerprint density at radius 2 is 1.62 bits per heavy atom. The van der Waals surface area contributed by atoms with Crippen molar-refractivity contribution in [3.63, 3.8) is 0 Å². The highest BCUT2D eigenvalue weighted by Crippen LogP contribution is 2.35. The molecule has 1 N–H and O–H groups in total. The first kappa shape index (κ1) is 25.4. The molecule has 3 rings (SSSR count). The number of azo groups is 1. The zero-order chi connectivity index (χ0) is 25.1. The molecule has 3 aromatic rings. The second-order valence-corrected chi connectivity index (χ2v) is 7.12. The molecule has 6 nitrogen and oxygen atoms in total. The maximum absolute atomic E-state index is 13.5. The predicted molar refractivity (Wildman–Crippen MR) is 108 cm³/mol. The molecule has 1 aromatic heterocycles. The van der Waals surface area contributed by atoms with Gasteiger partial charge in [-0.3, -0.25) is 0 Å². The standard InChI is InChI=1S/C19H10Cl2F7N5O/c20-14-15(21)31-17(33-29-8-9-1-4-11(5-2-9)34-19(26,27)28)32-16(14)30-10-3-6-13(22)12(7-10)18(23,24)25/h1-7H,8H2,(H,30,31,32). The van der Waals surface area contributed by atoms with Crippen molar-refractivity contribution in [2.75, 3.05) is 5.32 Å². The van der Waals surface area contributed by atoms with E-state index >= 15 is 0 Å². The summed E-state index contributed by atoms with van der Waals surface area (Å²) in [6, 6.07) is 7.01. The van der Waals surface area contributed by atoms with Gasteiger partial charge in [-0.1, -0.05) is 35.3 Å². The van der Waals surface area contributed by atoms with E-state index in [2.05, 4.69) is 30.3 Å². The van der Waals surface area contributed by atoms with Gasteiger partial charge in [0, 0.05) is 5.69 Å². The van der Waals surface area contributed by atoms with Crippen molar-refractivity contribution in [2.45, 2.75) is 19.1 Å². The number of benzene rings is 2. The van der Waals surface area contributed by atoms with Crippen molar-refractivity contribution in [1.82, 2.24) is 9.97 Å². The lowest BCUT2D eigenvalue weighted by atomic mass is 10.2. The number of nitrogens with zero attached hydrogens (tertiary/aromatic N) is 4. The van der Waals surface area contributed by atoms with E-state index in [0.717, 1.165) is 18.2 Å². The Kier molecular flexibility index (Phi) is 7.46. The first-order valence-corrected chi connectivity index (χ1v) is 9.66. The van der Waals surface area contributed by atoms with E-state index in [-0.39, 0.29) is 34.2 Å². The predicted octanol–water partition coefficient (Wildman–Crippen LogP) is 7.87. The molecule has 0 fully saturated rings. The molecule has 0 amide bonds. The normalized spacial score (nSPS) is 12.3. The number of hydrogen-bond donors (Lipinski definition) is 1. The van der Waals surface area contributed by atoms with Crippen molar-refractivity contribution < 1.29 is 35.5 Å². The van der Waals surface area contributed by atoms with Crippen molar-refractivity contribution in [2.24, 2.45) is 10.2 Å². The average Bonchev–Trinajstić information content (AvgIpc) is 2.72. The van der Waals surface area contributed by atoms with Gasteiger partial charge in [0.15, 0.2) is 11.0 Å². The smallest absolute Gasteiger partial charge is 0.406 e. The molecule has 0 aliphatic carbocycles. The molecule has 0 bridgehead atoms.